The zero-order valence-electron chi connectivity index (χ0n) is 66.1. The number of rotatable bonds is 14. The molecule has 0 aliphatic heterocycles. The third-order valence-corrected chi connectivity index (χ3v) is 23.5. The van der Waals surface area contributed by atoms with E-state index in [-0.39, 0.29) is 33.9 Å². The van der Waals surface area contributed by atoms with Crippen molar-refractivity contribution < 1.29 is 23.9 Å². The number of aryl methyl sites for hydroxylation is 10. The van der Waals surface area contributed by atoms with Crippen LogP contribution in [0.1, 0.15) is 184 Å². The van der Waals surface area contributed by atoms with Gasteiger partial charge in [0.15, 0.2) is 0 Å². The molecule has 16 rings (SSSR count). The van der Waals surface area contributed by atoms with Gasteiger partial charge in [-0.25, -0.2) is 0 Å². The number of Topliss-reactive ketones (excluding diaryl/α,β-unsaturated/α-hetero) is 3. The monoisotopic (exact) mass is 1480 g/mol. The molecule has 0 atom stereocenters. The lowest BCUT2D eigenvalue weighted by atomic mass is 9.83. The van der Waals surface area contributed by atoms with E-state index in [0.29, 0.717) is 81.0 Å². The number of pyridine rings is 5. The van der Waals surface area contributed by atoms with E-state index in [0.717, 1.165) is 155 Å². The molecule has 0 spiro atoms. The van der Waals surface area contributed by atoms with Crippen molar-refractivity contribution in [1.29, 1.82) is 0 Å². The lowest BCUT2D eigenvalue weighted by Crippen LogP contribution is -2.37. The molecule has 6 aliphatic carbocycles. The van der Waals surface area contributed by atoms with Crippen molar-refractivity contribution >= 4 is 23.3 Å². The minimum absolute atomic E-state index is 0.00604. The number of amides is 1. The Morgan fingerprint density at radius 3 is 1.45 bits per heavy atom. The van der Waals surface area contributed by atoms with Crippen LogP contribution < -0.4 is 22.2 Å². The molecular formula is C96H104N6O9. The van der Waals surface area contributed by atoms with Gasteiger partial charge in [0.05, 0.1) is 12.7 Å². The van der Waals surface area contributed by atoms with Crippen LogP contribution in [0.5, 0.6) is 0 Å². The van der Waals surface area contributed by atoms with Crippen LogP contribution in [0.25, 0.3) is 44.5 Å². The van der Waals surface area contributed by atoms with Gasteiger partial charge in [0.2, 0.25) is 5.91 Å². The highest BCUT2D eigenvalue weighted by Gasteiger charge is 2.30. The largest absolute Gasteiger partial charge is 0.374 e. The van der Waals surface area contributed by atoms with Crippen molar-refractivity contribution in [2.75, 3.05) is 0 Å². The second-order valence-corrected chi connectivity index (χ2v) is 32.0. The maximum Gasteiger partial charge on any atom is 0.253 e. The molecule has 10 aromatic rings. The van der Waals surface area contributed by atoms with Crippen LogP contribution in [-0.2, 0) is 129 Å². The maximum atomic E-state index is 12.5. The van der Waals surface area contributed by atoms with Gasteiger partial charge in [-0.15, -0.1) is 0 Å². The molecule has 0 bridgehead atoms. The van der Waals surface area contributed by atoms with E-state index in [1.807, 2.05) is 107 Å². The number of aromatic nitrogens is 5. The summed E-state index contributed by atoms with van der Waals surface area (Å²) in [7, 11) is 7.16. The average Bonchev–Trinajstić information content (AvgIpc) is 1.17. The van der Waals surface area contributed by atoms with Gasteiger partial charge in [-0.05, 0) is 270 Å². The number of allylic oxidation sites excluding steroid dienone is 1. The molecule has 5 aromatic carbocycles. The second kappa shape index (κ2) is 34.7. The Bertz CT molecular complexity index is 5400. The van der Waals surface area contributed by atoms with Crippen molar-refractivity contribution in [3.8, 4) is 44.5 Å². The van der Waals surface area contributed by atoms with E-state index in [1.165, 1.54) is 92.5 Å². The van der Waals surface area contributed by atoms with Gasteiger partial charge in [-0.2, -0.15) is 0 Å². The summed E-state index contributed by atoms with van der Waals surface area (Å²) >= 11 is 0. The van der Waals surface area contributed by atoms with Gasteiger partial charge in [0.25, 0.3) is 22.2 Å². The second-order valence-electron chi connectivity index (χ2n) is 32.0. The van der Waals surface area contributed by atoms with Crippen molar-refractivity contribution in [1.82, 2.24) is 28.2 Å². The van der Waals surface area contributed by atoms with Gasteiger partial charge in [0, 0.05) is 146 Å². The van der Waals surface area contributed by atoms with Gasteiger partial charge in [-0.3, -0.25) is 43.3 Å². The first-order chi connectivity index (χ1) is 53.4. The van der Waals surface area contributed by atoms with Gasteiger partial charge < -0.3 is 27.9 Å². The molecule has 15 heteroatoms. The molecule has 0 radical (unpaired) electrons. The van der Waals surface area contributed by atoms with Crippen molar-refractivity contribution in [2.45, 2.75) is 201 Å². The van der Waals surface area contributed by atoms with Crippen LogP contribution >= 0.6 is 0 Å². The van der Waals surface area contributed by atoms with E-state index in [9.17, 15) is 38.4 Å². The molecule has 5 heterocycles. The fourth-order valence-electron chi connectivity index (χ4n) is 17.5. The summed E-state index contributed by atoms with van der Waals surface area (Å²) in [6.07, 6.45) is 31.4. The summed E-state index contributed by atoms with van der Waals surface area (Å²) in [4.78, 5) is 103. The highest BCUT2D eigenvalue weighted by Crippen LogP contribution is 2.38. The molecule has 1 amide bonds. The van der Waals surface area contributed by atoms with E-state index in [4.69, 9.17) is 4.74 Å². The molecule has 0 N–H and O–H groups in total. The first-order valence-corrected chi connectivity index (χ1v) is 39.7. The molecule has 2 fully saturated rings. The standard InChI is InChI=1S/C25H30N2O3.C24H24N2O.C24H23NO2.C23H27NO3/c1-16-10-20(14-26(3)25(16)30)19-11-18-8-9-23(29)13-24(18)21(12-19)15-27(17(2)28)22-6-4-5-7-22;1-16-6-7-19-12-21(11-18-5-4-8-25-14-18)23(13-20(19)9-16)22-10-17(2)24(27)26(3)15-22;1-16-10-21(15-25(2)24(16)27)18-12-19(11-17-6-4-3-5-7-17)23-9-8-22(26)14-20(23)13-18;1-15-9-18(13-24(2)23(15)26)16-10-17-12-20(25)7-8-22(17)19(11-16)14-27-21-5-3-4-6-21/h10-12,14,22H,4-9,13,15H2,1-3H3;4-5,8,10,12-15H,1,6-7,9,11H2,2-3H3;3-7,10,12-13,15H,8-9,11,14H2,1-2H3;9-11,13,21H,3-8,12,14H2,1-2H3. The smallest absolute Gasteiger partial charge is 0.253 e. The molecule has 572 valence electrons. The van der Waals surface area contributed by atoms with Crippen molar-refractivity contribution in [3.05, 3.63) is 306 Å². The highest BCUT2D eigenvalue weighted by molar-refractivity contribution is 5.87. The van der Waals surface area contributed by atoms with Crippen LogP contribution in [0, 0.1) is 27.7 Å². The predicted octanol–water partition coefficient (Wildman–Crippen LogP) is 16.0. The van der Waals surface area contributed by atoms with E-state index < -0.39 is 0 Å². The fraction of sp³-hybridized carbons (Fsp3) is 0.365. The van der Waals surface area contributed by atoms with E-state index in [1.54, 1.807) is 52.5 Å². The number of fused-ring (bicyclic) bond motifs is 4. The summed E-state index contributed by atoms with van der Waals surface area (Å²) in [5, 5.41) is 0. The predicted molar refractivity (Wildman–Crippen MR) is 442 cm³/mol. The average molecular weight is 1490 g/mol. The first-order valence-electron chi connectivity index (χ1n) is 39.7. The Kier molecular flexibility index (Phi) is 24.5. The normalized spacial score (nSPS) is 15.3. The lowest BCUT2D eigenvalue weighted by molar-refractivity contribution is -0.131. The van der Waals surface area contributed by atoms with Crippen molar-refractivity contribution in [3.63, 3.8) is 0 Å². The number of carbonyl (C=O) groups excluding carboxylic acids is 4. The molecule has 2 saturated carbocycles. The quantitative estimate of drug-likeness (QED) is 0.0950. The van der Waals surface area contributed by atoms with Gasteiger partial charge >= 0.3 is 0 Å². The number of ketones is 3. The Labute approximate surface area is 651 Å². The molecular weight excluding hydrogens is 1380 g/mol. The minimum Gasteiger partial charge on any atom is -0.374 e. The molecule has 0 unspecified atom stereocenters. The van der Waals surface area contributed by atoms with Crippen LogP contribution in [0.3, 0.4) is 0 Å². The number of hydrogen-bond donors (Lipinski definition) is 0. The Hall–Kier alpha value is -10.8. The van der Waals surface area contributed by atoms with Gasteiger partial charge in [0.1, 0.15) is 17.3 Å². The molecule has 6 aliphatic rings. The minimum atomic E-state index is 0.00604. The summed E-state index contributed by atoms with van der Waals surface area (Å²) < 4.78 is 12.8. The van der Waals surface area contributed by atoms with Crippen molar-refractivity contribution in [2.24, 2.45) is 28.2 Å². The summed E-state index contributed by atoms with van der Waals surface area (Å²) in [5.41, 5.74) is 30.1. The van der Waals surface area contributed by atoms with Crippen LogP contribution in [0.4, 0.5) is 0 Å². The number of carbonyl (C=O) groups is 4. The molecule has 15 nitrogen and oxygen atoms in total. The zero-order chi connectivity index (χ0) is 78.3. The third-order valence-electron chi connectivity index (χ3n) is 23.5. The number of nitrogens with zero attached hydrogens (tertiary/aromatic N) is 6. The van der Waals surface area contributed by atoms with E-state index >= 15 is 0 Å². The molecule has 111 heavy (non-hydrogen) atoms. The maximum absolute atomic E-state index is 12.5. The summed E-state index contributed by atoms with van der Waals surface area (Å²) in [5.74, 6) is 0.978. The SMILES string of the molecule is C=C1CCc2cc(Cc3cccnc3)c(-c3cc(C)c(=O)n(C)c3)cc2C1.CC(=O)N(Cc1cc(-c2cc(C)c(=O)n(C)c2)cc2c1CC(=O)CC2)C1CCCC1.Cc1cc(-c2cc(COC3CCCC3)c3c(c2)CC(=O)CC3)cn(C)c1=O.Cc1cc(-c2cc3c(c(Cc4ccccc4)c2)CCC(=O)C3)cn(C)c1=O. The number of ether oxygens (including phenoxy) is 1. The van der Waals surface area contributed by atoms with Crippen LogP contribution in [0.15, 0.2) is 184 Å². The Morgan fingerprint density at radius 1 is 0.441 bits per heavy atom. The highest BCUT2D eigenvalue weighted by atomic mass is 16.5. The van der Waals surface area contributed by atoms with Crippen LogP contribution in [0.2, 0.25) is 0 Å². The van der Waals surface area contributed by atoms with Crippen LogP contribution in [-0.4, -0.2) is 63.6 Å². The lowest BCUT2D eigenvalue weighted by Gasteiger charge is -2.30. The number of hydrogen-bond acceptors (Lipinski definition) is 10. The molecule has 0 saturated heterocycles. The third kappa shape index (κ3) is 18.7. The summed E-state index contributed by atoms with van der Waals surface area (Å²) in [6.45, 7) is 14.4. The Morgan fingerprint density at radius 2 is 0.910 bits per heavy atom. The Balaban J connectivity index is 0.000000130. The molecule has 5 aromatic heterocycles. The van der Waals surface area contributed by atoms with E-state index in [2.05, 4.69) is 90.4 Å². The van der Waals surface area contributed by atoms with Gasteiger partial charge in [-0.1, -0.05) is 111 Å². The summed E-state index contributed by atoms with van der Waals surface area (Å²) in [6, 6.07) is 40.3. The number of benzene rings is 5. The zero-order valence-corrected chi connectivity index (χ0v) is 66.1. The fourth-order valence-corrected chi connectivity index (χ4v) is 17.5. The topological polar surface area (TPSA) is 182 Å². The first kappa shape index (κ1) is 78.4.